The molecule has 1 amide bonds. The molecule has 3 aromatic rings. The number of carbonyl (C=O) groups is 1. The number of anilines is 2. The summed E-state index contributed by atoms with van der Waals surface area (Å²) in [6, 6.07) is 1.88. The van der Waals surface area contributed by atoms with Gasteiger partial charge >= 0.3 is 0 Å². The first-order valence-electron chi connectivity index (χ1n) is 9.84. The molecule has 154 valence electrons. The molecule has 9 heteroatoms. The number of rotatable bonds is 5. The van der Waals surface area contributed by atoms with Crippen molar-refractivity contribution in [2.45, 2.75) is 32.6 Å². The third kappa shape index (κ3) is 5.04. The Morgan fingerprint density at radius 2 is 2.13 bits per heavy atom. The zero-order valence-electron chi connectivity index (χ0n) is 16.9. The lowest BCUT2D eigenvalue weighted by molar-refractivity contribution is -0.127. The van der Waals surface area contributed by atoms with Crippen LogP contribution in [0.5, 0.6) is 0 Å². The summed E-state index contributed by atoms with van der Waals surface area (Å²) in [4.78, 5) is 36.5. The summed E-state index contributed by atoms with van der Waals surface area (Å²) in [5, 5.41) is 6.11. The van der Waals surface area contributed by atoms with Crippen LogP contribution in [0, 0.1) is 13.8 Å². The molecule has 1 aliphatic heterocycles. The molecule has 1 N–H and O–H groups in total. The number of hydrogen-bond donors (Lipinski definition) is 1. The van der Waals surface area contributed by atoms with Crippen LogP contribution in [0.2, 0.25) is 0 Å². The van der Waals surface area contributed by atoms with Crippen molar-refractivity contribution in [1.82, 2.24) is 29.8 Å². The Bertz CT molecular complexity index is 1050. The summed E-state index contributed by atoms with van der Waals surface area (Å²) < 4.78 is 0. The van der Waals surface area contributed by atoms with Crippen LogP contribution in [0.1, 0.15) is 41.0 Å². The number of aromatic nitrogens is 5. The third-order valence-electron chi connectivity index (χ3n) is 4.82. The van der Waals surface area contributed by atoms with Gasteiger partial charge in [0.25, 0.3) is 0 Å². The largest absolute Gasteiger partial charge is 0.338 e. The molecule has 4 rings (SSSR count). The molecular weight excluding hydrogens is 398 g/mol. The summed E-state index contributed by atoms with van der Waals surface area (Å²) in [6.45, 7) is 5.24. The van der Waals surface area contributed by atoms with E-state index < -0.39 is 0 Å². The quantitative estimate of drug-likeness (QED) is 0.630. The topological polar surface area (TPSA) is 96.8 Å². The smallest absolute Gasteiger partial charge is 0.246 e. The molecule has 0 radical (unpaired) electrons. The number of hydrogen-bond acceptors (Lipinski definition) is 8. The molecule has 0 saturated carbocycles. The van der Waals surface area contributed by atoms with E-state index in [-0.39, 0.29) is 11.8 Å². The number of carbonyl (C=O) groups excluding carboxylic acids is 1. The molecular formula is C21H23N7OS. The number of nitrogens with one attached hydrogen (secondary N) is 1. The van der Waals surface area contributed by atoms with Gasteiger partial charge in [-0.1, -0.05) is 0 Å². The second-order valence-corrected chi connectivity index (χ2v) is 8.28. The van der Waals surface area contributed by atoms with Crippen molar-refractivity contribution in [2.24, 2.45) is 0 Å². The molecule has 1 fully saturated rings. The fourth-order valence-electron chi connectivity index (χ4n) is 3.44. The fourth-order valence-corrected chi connectivity index (χ4v) is 4.02. The lowest BCUT2D eigenvalue weighted by Gasteiger charge is -2.31. The highest BCUT2D eigenvalue weighted by Crippen LogP contribution is 2.26. The van der Waals surface area contributed by atoms with Crippen LogP contribution in [0.4, 0.5) is 11.6 Å². The SMILES string of the molecule is Cc1cc(Nc2cnccn2)nc([C@@H]2CCCN(C(=O)/C=C/c3csc(C)n3)C2)n1. The summed E-state index contributed by atoms with van der Waals surface area (Å²) in [7, 11) is 0. The van der Waals surface area contributed by atoms with E-state index in [1.54, 1.807) is 42.1 Å². The molecule has 30 heavy (non-hydrogen) atoms. The van der Waals surface area contributed by atoms with Gasteiger partial charge in [-0.3, -0.25) is 9.78 Å². The van der Waals surface area contributed by atoms with Crippen LogP contribution in [-0.2, 0) is 4.79 Å². The van der Waals surface area contributed by atoms with E-state index in [2.05, 4.69) is 30.2 Å². The second-order valence-electron chi connectivity index (χ2n) is 7.22. The van der Waals surface area contributed by atoms with E-state index in [1.165, 1.54) is 0 Å². The molecule has 0 aromatic carbocycles. The lowest BCUT2D eigenvalue weighted by Crippen LogP contribution is -2.38. The Kier molecular flexibility index (Phi) is 6.08. The van der Waals surface area contributed by atoms with E-state index in [9.17, 15) is 4.79 Å². The average Bonchev–Trinajstić information content (AvgIpc) is 3.17. The van der Waals surface area contributed by atoms with E-state index >= 15 is 0 Å². The number of likely N-dealkylation sites (tertiary alicyclic amines) is 1. The standard InChI is InChI=1S/C21H23N7OS/c1-14-10-18(26-19-11-22-7-8-23-19)27-21(24-14)16-4-3-9-28(12-16)20(29)6-5-17-13-30-15(2)25-17/h5-8,10-11,13,16H,3-4,9,12H2,1-2H3,(H,23,24,26,27)/b6-5+/t16-/m1/s1. The first-order valence-corrected chi connectivity index (χ1v) is 10.7. The van der Waals surface area contributed by atoms with Gasteiger partial charge in [0.15, 0.2) is 0 Å². The predicted octanol–water partition coefficient (Wildman–Crippen LogP) is 3.50. The van der Waals surface area contributed by atoms with Crippen molar-refractivity contribution in [1.29, 1.82) is 0 Å². The minimum absolute atomic E-state index is 0.00378. The maximum Gasteiger partial charge on any atom is 0.246 e. The highest BCUT2D eigenvalue weighted by atomic mass is 32.1. The molecule has 0 bridgehead atoms. The summed E-state index contributed by atoms with van der Waals surface area (Å²) in [5.74, 6) is 2.15. The molecule has 8 nitrogen and oxygen atoms in total. The summed E-state index contributed by atoms with van der Waals surface area (Å²) >= 11 is 1.57. The molecule has 3 aromatic heterocycles. The highest BCUT2D eigenvalue weighted by molar-refractivity contribution is 7.09. The van der Waals surface area contributed by atoms with Crippen LogP contribution in [0.3, 0.4) is 0 Å². The van der Waals surface area contributed by atoms with Crippen LogP contribution < -0.4 is 5.32 Å². The lowest BCUT2D eigenvalue weighted by atomic mass is 9.97. The third-order valence-corrected chi connectivity index (χ3v) is 5.61. The van der Waals surface area contributed by atoms with Gasteiger partial charge in [0.05, 0.1) is 16.9 Å². The Hall–Kier alpha value is -3.20. The second kappa shape index (κ2) is 9.08. The van der Waals surface area contributed by atoms with Crippen molar-refractivity contribution < 1.29 is 4.79 Å². The van der Waals surface area contributed by atoms with Gasteiger partial charge in [0, 0.05) is 54.6 Å². The molecule has 1 saturated heterocycles. The number of nitrogens with zero attached hydrogens (tertiary/aromatic N) is 6. The Balaban J connectivity index is 1.46. The Labute approximate surface area is 179 Å². The van der Waals surface area contributed by atoms with Gasteiger partial charge in [0.2, 0.25) is 5.91 Å². The van der Waals surface area contributed by atoms with Crippen LogP contribution in [-0.4, -0.2) is 48.8 Å². The normalized spacial score (nSPS) is 16.7. The van der Waals surface area contributed by atoms with E-state index in [4.69, 9.17) is 0 Å². The van der Waals surface area contributed by atoms with Gasteiger partial charge in [0.1, 0.15) is 17.5 Å². The highest BCUT2D eigenvalue weighted by Gasteiger charge is 2.26. The molecule has 0 aliphatic carbocycles. The van der Waals surface area contributed by atoms with Gasteiger partial charge in [-0.15, -0.1) is 11.3 Å². The van der Waals surface area contributed by atoms with Crippen molar-refractivity contribution in [2.75, 3.05) is 18.4 Å². The predicted molar refractivity (Wildman–Crippen MR) is 117 cm³/mol. The van der Waals surface area contributed by atoms with E-state index in [1.807, 2.05) is 30.2 Å². The van der Waals surface area contributed by atoms with Crippen molar-refractivity contribution >= 4 is 35.0 Å². The minimum atomic E-state index is -0.00378. The average molecular weight is 422 g/mol. The van der Waals surface area contributed by atoms with Crippen molar-refractivity contribution in [3.63, 3.8) is 0 Å². The van der Waals surface area contributed by atoms with E-state index in [0.29, 0.717) is 18.2 Å². The fraction of sp³-hybridized carbons (Fsp3) is 0.333. The van der Waals surface area contributed by atoms with Crippen molar-refractivity contribution in [3.05, 3.63) is 58.3 Å². The number of piperidine rings is 1. The molecule has 4 heterocycles. The van der Waals surface area contributed by atoms with Crippen LogP contribution >= 0.6 is 11.3 Å². The van der Waals surface area contributed by atoms with Gasteiger partial charge in [-0.25, -0.2) is 19.9 Å². The summed E-state index contributed by atoms with van der Waals surface area (Å²) in [5.41, 5.74) is 1.69. The van der Waals surface area contributed by atoms with E-state index in [0.717, 1.165) is 41.6 Å². The van der Waals surface area contributed by atoms with Crippen molar-refractivity contribution in [3.8, 4) is 0 Å². The number of amides is 1. The zero-order chi connectivity index (χ0) is 20.9. The van der Waals surface area contributed by atoms with Gasteiger partial charge in [-0.05, 0) is 32.8 Å². The maximum atomic E-state index is 12.7. The molecule has 1 aliphatic rings. The molecule has 0 unspecified atom stereocenters. The van der Waals surface area contributed by atoms with Crippen LogP contribution in [0.15, 0.2) is 36.1 Å². The summed E-state index contributed by atoms with van der Waals surface area (Å²) in [6.07, 6.45) is 10.2. The van der Waals surface area contributed by atoms with Gasteiger partial charge in [-0.2, -0.15) is 0 Å². The Morgan fingerprint density at radius 1 is 1.23 bits per heavy atom. The first-order chi connectivity index (χ1) is 14.6. The Morgan fingerprint density at radius 3 is 2.90 bits per heavy atom. The molecule has 0 spiro atoms. The van der Waals surface area contributed by atoms with Crippen LogP contribution in [0.25, 0.3) is 6.08 Å². The zero-order valence-corrected chi connectivity index (χ0v) is 17.8. The minimum Gasteiger partial charge on any atom is -0.338 e. The maximum absolute atomic E-state index is 12.7. The first kappa shape index (κ1) is 20.1. The monoisotopic (exact) mass is 421 g/mol. The van der Waals surface area contributed by atoms with Gasteiger partial charge < -0.3 is 10.2 Å². The number of thiazole rings is 1. The molecule has 1 atom stereocenters. The number of aryl methyl sites for hydroxylation is 2.